The molecule has 0 aliphatic carbocycles. The average Bonchev–Trinajstić information content (AvgIpc) is 2.87. The van der Waals surface area contributed by atoms with Crippen LogP contribution in [0.2, 0.25) is 0 Å². The van der Waals surface area contributed by atoms with Crippen LogP contribution in [-0.2, 0) is 20.6 Å². The maximum atomic E-state index is 12.9. The van der Waals surface area contributed by atoms with Crippen LogP contribution in [0, 0.1) is 0 Å². The Morgan fingerprint density at radius 1 is 1.17 bits per heavy atom. The number of amides is 2. The maximum Gasteiger partial charge on any atom is 0.404 e. The highest BCUT2D eigenvalue weighted by Gasteiger charge is 2.47. The van der Waals surface area contributed by atoms with E-state index in [-0.39, 0.29) is 29.0 Å². The molecule has 2 heterocycles. The number of carbonyl (C=O) groups excluding carboxylic acids is 2. The lowest BCUT2D eigenvalue weighted by Crippen LogP contribution is -2.58. The predicted octanol–water partition coefficient (Wildman–Crippen LogP) is 4.64. The van der Waals surface area contributed by atoms with Crippen LogP contribution in [0.5, 0.6) is 11.5 Å². The lowest BCUT2D eigenvalue weighted by Gasteiger charge is -2.44. The highest BCUT2D eigenvalue weighted by Crippen LogP contribution is 2.34. The third-order valence-corrected chi connectivity index (χ3v) is 6.70. The van der Waals surface area contributed by atoms with E-state index in [0.717, 1.165) is 5.57 Å². The lowest BCUT2D eigenvalue weighted by atomic mass is 9.91. The molecule has 1 aliphatic rings. The standard InChI is InChI=1S/C30H34N2O9/c1-16(2)6-7-17-12-19(9-11-22(17)33)27(34)32-21-13-18-8-10-20(14-23(18)39-28(21)35)38-25-15-24(40-29(31)36)26(37-5)30(3,4)41-25/h6,8-14,24-26,33H,7,15H2,1-5H3,(H2,31,36)(H,32,34)/t24?,25-,26-/m1/s1. The van der Waals surface area contributed by atoms with Crippen LogP contribution in [0.3, 0.4) is 0 Å². The molecule has 3 aromatic rings. The van der Waals surface area contributed by atoms with Gasteiger partial charge in [0.2, 0.25) is 6.29 Å². The van der Waals surface area contributed by atoms with Gasteiger partial charge < -0.3 is 39.5 Å². The van der Waals surface area contributed by atoms with Crippen molar-refractivity contribution in [3.05, 3.63) is 75.7 Å². The molecule has 0 spiro atoms. The number of nitrogens with one attached hydrogen (secondary N) is 1. The normalized spacial score (nSPS) is 19.8. The minimum Gasteiger partial charge on any atom is -0.508 e. The fourth-order valence-electron chi connectivity index (χ4n) is 4.78. The molecule has 0 radical (unpaired) electrons. The summed E-state index contributed by atoms with van der Waals surface area (Å²) in [5.41, 5.74) is 5.77. The van der Waals surface area contributed by atoms with E-state index in [4.69, 9.17) is 29.1 Å². The summed E-state index contributed by atoms with van der Waals surface area (Å²) in [6.07, 6.45) is -0.444. The zero-order valence-electron chi connectivity index (χ0n) is 23.6. The number of phenolic OH excluding ortho intramolecular Hbond substituents is 1. The van der Waals surface area contributed by atoms with Crippen LogP contribution in [0.1, 0.15) is 50.0 Å². The van der Waals surface area contributed by atoms with E-state index in [1.807, 2.05) is 19.9 Å². The van der Waals surface area contributed by atoms with E-state index in [0.29, 0.717) is 23.1 Å². The fourth-order valence-corrected chi connectivity index (χ4v) is 4.78. The van der Waals surface area contributed by atoms with Crippen molar-refractivity contribution in [1.29, 1.82) is 0 Å². The molecule has 1 unspecified atom stereocenters. The molecule has 0 bridgehead atoms. The van der Waals surface area contributed by atoms with E-state index in [1.54, 1.807) is 32.0 Å². The molecule has 11 nitrogen and oxygen atoms in total. The van der Waals surface area contributed by atoms with Crippen LogP contribution in [0.15, 0.2) is 63.3 Å². The second kappa shape index (κ2) is 12.0. The van der Waals surface area contributed by atoms with Gasteiger partial charge in [0.05, 0.1) is 5.60 Å². The highest BCUT2D eigenvalue weighted by molar-refractivity contribution is 6.05. The summed E-state index contributed by atoms with van der Waals surface area (Å²) in [6, 6.07) is 10.9. The number of benzene rings is 2. The van der Waals surface area contributed by atoms with Gasteiger partial charge in [0.1, 0.15) is 35.0 Å². The molecule has 2 amide bonds. The summed E-state index contributed by atoms with van der Waals surface area (Å²) in [5, 5.41) is 13.3. The summed E-state index contributed by atoms with van der Waals surface area (Å²) in [4.78, 5) is 37.0. The Labute approximate surface area is 236 Å². The average molecular weight is 567 g/mol. The van der Waals surface area contributed by atoms with Gasteiger partial charge in [-0.15, -0.1) is 0 Å². The molecule has 0 saturated carbocycles. The van der Waals surface area contributed by atoms with Crippen molar-refractivity contribution in [2.75, 3.05) is 12.4 Å². The summed E-state index contributed by atoms with van der Waals surface area (Å²) in [5.74, 6) is -0.0898. The first-order chi connectivity index (χ1) is 19.4. The molecule has 1 aromatic heterocycles. The Hall–Kier alpha value is -4.35. The van der Waals surface area contributed by atoms with E-state index in [9.17, 15) is 19.5 Å². The quantitative estimate of drug-likeness (QED) is 0.261. The summed E-state index contributed by atoms with van der Waals surface area (Å²) in [6.45, 7) is 7.46. The van der Waals surface area contributed by atoms with Crippen molar-refractivity contribution in [1.82, 2.24) is 0 Å². The molecule has 3 atom stereocenters. The Bertz CT molecular complexity index is 1540. The minimum atomic E-state index is -0.932. The Balaban J connectivity index is 1.51. The lowest BCUT2D eigenvalue weighted by molar-refractivity contribution is -0.263. The number of primary amides is 1. The number of rotatable bonds is 8. The highest BCUT2D eigenvalue weighted by atomic mass is 16.7. The van der Waals surface area contributed by atoms with Gasteiger partial charge >= 0.3 is 11.7 Å². The topological polar surface area (TPSA) is 160 Å². The number of nitrogens with two attached hydrogens (primary N) is 1. The zero-order valence-corrected chi connectivity index (χ0v) is 23.6. The van der Waals surface area contributed by atoms with Gasteiger partial charge in [-0.2, -0.15) is 0 Å². The molecule has 11 heteroatoms. The van der Waals surface area contributed by atoms with Crippen molar-refractivity contribution < 1.29 is 38.1 Å². The number of aromatic hydroxyl groups is 1. The van der Waals surface area contributed by atoms with Crippen molar-refractivity contribution in [3.63, 3.8) is 0 Å². The third-order valence-electron chi connectivity index (χ3n) is 6.70. The Morgan fingerprint density at radius 3 is 2.61 bits per heavy atom. The number of hydrogen-bond donors (Lipinski definition) is 3. The number of allylic oxidation sites excluding steroid dienone is 2. The van der Waals surface area contributed by atoms with Gasteiger partial charge in [0, 0.05) is 30.5 Å². The number of fused-ring (bicyclic) bond motifs is 1. The molecular weight excluding hydrogens is 532 g/mol. The summed E-state index contributed by atoms with van der Waals surface area (Å²) in [7, 11) is 1.49. The first kappa shape index (κ1) is 29.6. The molecule has 4 N–H and O–H groups in total. The Morgan fingerprint density at radius 2 is 1.93 bits per heavy atom. The number of hydrogen-bond acceptors (Lipinski definition) is 9. The van der Waals surface area contributed by atoms with Crippen LogP contribution >= 0.6 is 0 Å². The molecule has 4 rings (SSSR count). The molecule has 218 valence electrons. The number of methoxy groups -OCH3 is 1. The van der Waals surface area contributed by atoms with Crippen LogP contribution < -0.4 is 21.4 Å². The van der Waals surface area contributed by atoms with Crippen molar-refractivity contribution in [2.24, 2.45) is 5.73 Å². The van der Waals surface area contributed by atoms with E-state index in [1.165, 1.54) is 31.4 Å². The number of anilines is 1. The number of phenols is 1. The predicted molar refractivity (Wildman–Crippen MR) is 151 cm³/mol. The zero-order chi connectivity index (χ0) is 29.9. The van der Waals surface area contributed by atoms with Crippen molar-refractivity contribution >= 4 is 28.7 Å². The number of ether oxygens (including phenoxy) is 4. The van der Waals surface area contributed by atoms with Crippen LogP contribution in [0.25, 0.3) is 11.0 Å². The molecule has 1 fully saturated rings. The minimum absolute atomic E-state index is 0.0375. The summed E-state index contributed by atoms with van der Waals surface area (Å²) < 4.78 is 28.2. The summed E-state index contributed by atoms with van der Waals surface area (Å²) >= 11 is 0. The number of carbonyl (C=O) groups is 2. The Kier molecular flexibility index (Phi) is 8.69. The molecule has 1 aliphatic heterocycles. The molecular formula is C30H34N2O9. The second-order valence-electron chi connectivity index (χ2n) is 10.6. The van der Waals surface area contributed by atoms with Crippen molar-refractivity contribution in [2.45, 2.75) is 64.6 Å². The molecule has 2 aromatic carbocycles. The fraction of sp³-hybridized carbons (Fsp3) is 0.367. The second-order valence-corrected chi connectivity index (χ2v) is 10.6. The monoisotopic (exact) mass is 566 g/mol. The smallest absolute Gasteiger partial charge is 0.404 e. The first-order valence-electron chi connectivity index (χ1n) is 13.0. The maximum absolute atomic E-state index is 12.9. The largest absolute Gasteiger partial charge is 0.508 e. The first-order valence-corrected chi connectivity index (χ1v) is 13.0. The SMILES string of the molecule is CO[C@@H]1C(OC(N)=O)C[C@H](Oc2ccc3cc(NC(=O)c4ccc(O)c(CC=C(C)C)c4)c(=O)oc3c2)OC1(C)C. The van der Waals surface area contributed by atoms with Gasteiger partial charge in [0.15, 0.2) is 0 Å². The molecule has 41 heavy (non-hydrogen) atoms. The van der Waals surface area contributed by atoms with E-state index >= 15 is 0 Å². The third kappa shape index (κ3) is 7.05. The van der Waals surface area contributed by atoms with E-state index < -0.39 is 41.7 Å². The van der Waals surface area contributed by atoms with Gasteiger partial charge in [0.25, 0.3) is 5.91 Å². The van der Waals surface area contributed by atoms with Crippen molar-refractivity contribution in [3.8, 4) is 11.5 Å². The van der Waals surface area contributed by atoms with E-state index in [2.05, 4.69) is 5.32 Å². The van der Waals surface area contributed by atoms with Gasteiger partial charge in [-0.25, -0.2) is 9.59 Å². The van der Waals surface area contributed by atoms with Crippen LogP contribution in [0.4, 0.5) is 10.5 Å². The van der Waals surface area contributed by atoms with Crippen LogP contribution in [-0.4, -0.2) is 48.3 Å². The van der Waals surface area contributed by atoms with Gasteiger partial charge in [-0.3, -0.25) is 4.79 Å². The van der Waals surface area contributed by atoms with Gasteiger partial charge in [-0.1, -0.05) is 11.6 Å². The molecule has 1 saturated heterocycles. The van der Waals surface area contributed by atoms with Gasteiger partial charge in [-0.05, 0) is 76.1 Å².